The van der Waals surface area contributed by atoms with E-state index in [9.17, 15) is 27.2 Å². The molecule has 1 aliphatic heterocycles. The van der Waals surface area contributed by atoms with E-state index in [0.717, 1.165) is 43.5 Å². The zero-order valence-corrected chi connectivity index (χ0v) is 26.6. The van der Waals surface area contributed by atoms with Gasteiger partial charge in [0.15, 0.2) is 0 Å². The van der Waals surface area contributed by atoms with E-state index >= 15 is 4.39 Å². The van der Waals surface area contributed by atoms with Gasteiger partial charge in [-0.25, -0.2) is 8.78 Å². The Morgan fingerprint density at radius 2 is 1.60 bits per heavy atom. The number of halogens is 5. The van der Waals surface area contributed by atoms with Crippen molar-refractivity contribution in [1.29, 1.82) is 0 Å². The minimum Gasteiger partial charge on any atom is -0.382 e. The molecule has 0 radical (unpaired) electrons. The molecule has 48 heavy (non-hydrogen) atoms. The van der Waals surface area contributed by atoms with Crippen molar-refractivity contribution in [3.05, 3.63) is 124 Å². The van der Waals surface area contributed by atoms with E-state index in [2.05, 4.69) is 10.6 Å². The number of hydrogen-bond acceptors (Lipinski definition) is 3. The molecule has 4 aromatic carbocycles. The van der Waals surface area contributed by atoms with Gasteiger partial charge in [-0.1, -0.05) is 56.2 Å². The summed E-state index contributed by atoms with van der Waals surface area (Å²) in [6, 6.07) is 18.3. The number of benzene rings is 4. The minimum atomic E-state index is -4.63. The predicted molar refractivity (Wildman–Crippen MR) is 176 cm³/mol. The Morgan fingerprint density at radius 3 is 2.27 bits per heavy atom. The third-order valence-electron chi connectivity index (χ3n) is 9.44. The van der Waals surface area contributed by atoms with Gasteiger partial charge in [-0.05, 0) is 97.3 Å². The maximum absolute atomic E-state index is 15.3. The third kappa shape index (κ3) is 6.66. The summed E-state index contributed by atoms with van der Waals surface area (Å²) in [6.45, 7) is 3.21. The monoisotopic (exact) mass is 661 g/mol. The van der Waals surface area contributed by atoms with E-state index < -0.39 is 47.1 Å². The first-order valence-corrected chi connectivity index (χ1v) is 16.2. The zero-order valence-electron chi connectivity index (χ0n) is 26.6. The van der Waals surface area contributed by atoms with Gasteiger partial charge in [-0.3, -0.25) is 14.5 Å². The highest BCUT2D eigenvalue weighted by Gasteiger charge is 2.44. The van der Waals surface area contributed by atoms with Crippen LogP contribution in [0.15, 0.2) is 78.9 Å². The highest BCUT2D eigenvalue weighted by molar-refractivity contribution is 6.09. The topological polar surface area (TPSA) is 61.4 Å². The van der Waals surface area contributed by atoms with Gasteiger partial charge in [0.1, 0.15) is 11.6 Å². The van der Waals surface area contributed by atoms with Crippen LogP contribution in [0.1, 0.15) is 76.8 Å². The Hall–Kier alpha value is -4.73. The minimum absolute atomic E-state index is 0.0490. The highest BCUT2D eigenvalue weighted by atomic mass is 19.4. The first-order chi connectivity index (χ1) is 22.9. The fraction of sp³-hybridized carbons (Fsp3) is 0.316. The van der Waals surface area contributed by atoms with Gasteiger partial charge in [0.2, 0.25) is 5.91 Å². The molecule has 2 amide bonds. The maximum atomic E-state index is 15.3. The molecule has 1 heterocycles. The number of nitrogens with zero attached hydrogens (tertiary/aromatic N) is 1. The summed E-state index contributed by atoms with van der Waals surface area (Å²) >= 11 is 0. The Labute approximate surface area is 276 Å². The van der Waals surface area contributed by atoms with E-state index in [0.29, 0.717) is 22.7 Å². The normalized spacial score (nSPS) is 18.0. The van der Waals surface area contributed by atoms with Crippen LogP contribution in [0.5, 0.6) is 0 Å². The van der Waals surface area contributed by atoms with E-state index in [4.69, 9.17) is 0 Å². The lowest BCUT2D eigenvalue weighted by molar-refractivity contribution is -0.138. The van der Waals surface area contributed by atoms with Gasteiger partial charge < -0.3 is 10.6 Å². The Bertz CT molecular complexity index is 1810. The quantitative estimate of drug-likeness (QED) is 0.194. The van der Waals surface area contributed by atoms with E-state index in [-0.39, 0.29) is 35.3 Å². The van der Waals surface area contributed by atoms with Crippen molar-refractivity contribution >= 4 is 28.9 Å². The predicted octanol–water partition coefficient (Wildman–Crippen LogP) is 9.41. The molecular formula is C38H36F5N3O2. The second kappa shape index (κ2) is 13.4. The molecule has 2 aliphatic rings. The number of hydrogen-bond donors (Lipinski definition) is 2. The Morgan fingerprint density at radius 1 is 0.896 bits per heavy atom. The van der Waals surface area contributed by atoms with E-state index in [1.807, 2.05) is 12.1 Å². The number of fused-ring (bicyclic) bond motifs is 1. The number of anilines is 3. The number of nitrogens with one attached hydrogen (secondary N) is 2. The molecule has 2 N–H and O–H groups in total. The molecule has 0 unspecified atom stereocenters. The molecule has 1 aliphatic carbocycles. The molecule has 10 heteroatoms. The van der Waals surface area contributed by atoms with Gasteiger partial charge in [-0.2, -0.15) is 13.2 Å². The van der Waals surface area contributed by atoms with Crippen LogP contribution in [0.3, 0.4) is 0 Å². The molecule has 1 saturated carbocycles. The van der Waals surface area contributed by atoms with Crippen molar-refractivity contribution in [2.45, 2.75) is 70.6 Å². The van der Waals surface area contributed by atoms with Crippen LogP contribution in [0.25, 0.3) is 0 Å². The number of amides is 2. The summed E-state index contributed by atoms with van der Waals surface area (Å²) in [5.41, 5.74) is 1.37. The van der Waals surface area contributed by atoms with Crippen LogP contribution in [-0.2, 0) is 23.8 Å². The number of carbonyl (C=O) groups is 2. The molecule has 2 atom stereocenters. The van der Waals surface area contributed by atoms with Crippen LogP contribution in [0.2, 0.25) is 0 Å². The van der Waals surface area contributed by atoms with Crippen LogP contribution >= 0.6 is 0 Å². The lowest BCUT2D eigenvalue weighted by atomic mass is 9.80. The van der Waals surface area contributed by atoms with E-state index in [1.165, 1.54) is 41.3 Å². The number of alkyl halides is 3. The smallest absolute Gasteiger partial charge is 0.382 e. The molecule has 0 bridgehead atoms. The van der Waals surface area contributed by atoms with Gasteiger partial charge in [0.05, 0.1) is 28.8 Å². The van der Waals surface area contributed by atoms with Gasteiger partial charge in [0.25, 0.3) is 5.91 Å². The SMILES string of the molecule is CCc1ccc(NC(=O)[C@H]2Cc3ccc(F)cc3N(C(=O)c3c(C)cccc3F)[C@H]2c2ccc(NC3CCCC3)cc2)cc1C(F)(F)F. The molecule has 0 saturated heterocycles. The fourth-order valence-corrected chi connectivity index (χ4v) is 7.03. The van der Waals surface area contributed by atoms with Crippen LogP contribution < -0.4 is 15.5 Å². The average Bonchev–Trinajstić information content (AvgIpc) is 3.57. The Balaban J connectivity index is 1.46. The first-order valence-electron chi connectivity index (χ1n) is 16.2. The number of rotatable bonds is 7. The summed E-state index contributed by atoms with van der Waals surface area (Å²) in [5, 5.41) is 6.17. The summed E-state index contributed by atoms with van der Waals surface area (Å²) in [4.78, 5) is 29.9. The van der Waals surface area contributed by atoms with Gasteiger partial charge in [0, 0.05) is 17.4 Å². The summed E-state index contributed by atoms with van der Waals surface area (Å²) in [5.74, 6) is -3.82. The third-order valence-corrected chi connectivity index (χ3v) is 9.44. The van der Waals surface area contributed by atoms with E-state index in [1.54, 1.807) is 32.0 Å². The van der Waals surface area contributed by atoms with Gasteiger partial charge >= 0.3 is 6.18 Å². The summed E-state index contributed by atoms with van der Waals surface area (Å²) < 4.78 is 71.8. The second-order valence-electron chi connectivity index (χ2n) is 12.6. The Kier molecular flexibility index (Phi) is 9.27. The summed E-state index contributed by atoms with van der Waals surface area (Å²) in [6.07, 6.45) is -0.0429. The summed E-state index contributed by atoms with van der Waals surface area (Å²) in [7, 11) is 0. The van der Waals surface area contributed by atoms with Gasteiger partial charge in [-0.15, -0.1) is 0 Å². The standard InChI is InChI=1S/C38H36F5N3O2/c1-3-23-12-18-29(21-31(23)38(41,42)43)45-36(47)30-19-25-11-15-26(39)20-33(25)46(37(48)34-22(2)7-6-10-32(34)40)35(30)24-13-16-28(17-14-24)44-27-8-4-5-9-27/h6-7,10-18,20-21,27,30,35,44H,3-5,8-9,19H2,1-2H3,(H,45,47)/t30-,35-/m0/s1. The van der Waals surface area contributed by atoms with Crippen molar-refractivity contribution in [2.24, 2.45) is 5.92 Å². The average molecular weight is 662 g/mol. The fourth-order valence-electron chi connectivity index (χ4n) is 7.03. The van der Waals surface area contributed by atoms with Crippen LogP contribution in [0, 0.1) is 24.5 Å². The molecule has 0 spiro atoms. The lowest BCUT2D eigenvalue weighted by Gasteiger charge is -2.42. The second-order valence-corrected chi connectivity index (χ2v) is 12.6. The zero-order chi connectivity index (χ0) is 34.2. The van der Waals surface area contributed by atoms with Crippen molar-refractivity contribution in [3.8, 4) is 0 Å². The molecule has 5 nitrogen and oxygen atoms in total. The highest BCUT2D eigenvalue weighted by Crippen LogP contribution is 2.45. The molecule has 1 fully saturated rings. The van der Waals surface area contributed by atoms with Crippen molar-refractivity contribution in [2.75, 3.05) is 15.5 Å². The van der Waals surface area contributed by atoms with Crippen LogP contribution in [-0.4, -0.2) is 17.9 Å². The van der Waals surface area contributed by atoms with Crippen molar-refractivity contribution in [3.63, 3.8) is 0 Å². The first kappa shape index (κ1) is 33.2. The largest absolute Gasteiger partial charge is 0.416 e. The molecule has 4 aromatic rings. The maximum Gasteiger partial charge on any atom is 0.416 e. The molecule has 6 rings (SSSR count). The van der Waals surface area contributed by atoms with Crippen molar-refractivity contribution < 1.29 is 31.5 Å². The molecule has 250 valence electrons. The molecular weight excluding hydrogens is 625 g/mol. The number of aryl methyl sites for hydroxylation is 2. The number of carbonyl (C=O) groups excluding carboxylic acids is 2. The lowest BCUT2D eigenvalue weighted by Crippen LogP contribution is -2.47. The molecule has 0 aromatic heterocycles. The van der Waals surface area contributed by atoms with Crippen LogP contribution in [0.4, 0.5) is 39.0 Å². The van der Waals surface area contributed by atoms with Crippen molar-refractivity contribution in [1.82, 2.24) is 0 Å².